The fraction of sp³-hybridized carbons (Fsp3) is 0.545. The summed E-state index contributed by atoms with van der Waals surface area (Å²) in [4.78, 5) is 26.4. The number of carbonyl (C=O) groups excluding carboxylic acids is 2. The molecular weight excluding hydrogens is 338 g/mol. The smallest absolute Gasteiger partial charge is 0.319 e. The maximum Gasteiger partial charge on any atom is 0.319 e. The number of likely N-dealkylation sites (N-methyl/N-ethyl adjacent to an activating group) is 1. The molecular formula is C22H35N3O2. The lowest BCUT2D eigenvalue weighted by Crippen LogP contribution is -2.36. The molecule has 3 amide bonds. The Morgan fingerprint density at radius 3 is 2.30 bits per heavy atom. The number of carbonyl (C=O) groups is 2. The van der Waals surface area contributed by atoms with Gasteiger partial charge in [0.05, 0.1) is 6.42 Å². The van der Waals surface area contributed by atoms with Gasteiger partial charge in [-0.2, -0.15) is 0 Å². The number of benzene rings is 1. The number of hydrogen-bond acceptors (Lipinski definition) is 2. The Kier molecular flexibility index (Phi) is 9.62. The van der Waals surface area contributed by atoms with E-state index in [9.17, 15) is 9.59 Å². The van der Waals surface area contributed by atoms with Gasteiger partial charge in [0.2, 0.25) is 5.91 Å². The van der Waals surface area contributed by atoms with Crippen molar-refractivity contribution in [1.82, 2.24) is 10.2 Å². The molecule has 0 saturated heterocycles. The molecule has 2 N–H and O–H groups in total. The third kappa shape index (κ3) is 8.29. The van der Waals surface area contributed by atoms with Gasteiger partial charge in [-0.25, -0.2) is 4.79 Å². The van der Waals surface area contributed by atoms with Gasteiger partial charge in [-0.05, 0) is 42.4 Å². The lowest BCUT2D eigenvalue weighted by molar-refractivity contribution is -0.131. The van der Waals surface area contributed by atoms with Gasteiger partial charge in [0, 0.05) is 25.3 Å². The Morgan fingerprint density at radius 1 is 1.15 bits per heavy atom. The average Bonchev–Trinajstić information content (AvgIpc) is 2.65. The van der Waals surface area contributed by atoms with Crippen LogP contribution in [0.5, 0.6) is 0 Å². The topological polar surface area (TPSA) is 61.4 Å². The third-order valence-corrected chi connectivity index (χ3v) is 4.93. The molecule has 1 rings (SSSR count). The maximum atomic E-state index is 12.6. The number of anilines is 1. The molecule has 5 nitrogen and oxygen atoms in total. The molecule has 1 unspecified atom stereocenters. The molecule has 1 aromatic carbocycles. The first-order valence-corrected chi connectivity index (χ1v) is 9.80. The molecule has 0 aliphatic rings. The SMILES string of the molecule is C=CC(C)CNC(=O)Nc1ccc(CC(=O)N(CC)C[C@H](C)C(C)C)cc1. The van der Waals surface area contributed by atoms with Gasteiger partial charge < -0.3 is 15.5 Å². The normalized spacial score (nSPS) is 13.0. The molecule has 150 valence electrons. The molecule has 0 bridgehead atoms. The summed E-state index contributed by atoms with van der Waals surface area (Å²) in [6.07, 6.45) is 2.18. The van der Waals surface area contributed by atoms with Gasteiger partial charge in [-0.3, -0.25) is 4.79 Å². The maximum absolute atomic E-state index is 12.6. The van der Waals surface area contributed by atoms with E-state index < -0.39 is 0 Å². The Bertz CT molecular complexity index is 610. The van der Waals surface area contributed by atoms with Crippen LogP contribution in [0.15, 0.2) is 36.9 Å². The van der Waals surface area contributed by atoms with Crippen LogP contribution in [-0.4, -0.2) is 36.5 Å². The van der Waals surface area contributed by atoms with Crippen molar-refractivity contribution >= 4 is 17.6 Å². The molecule has 27 heavy (non-hydrogen) atoms. The summed E-state index contributed by atoms with van der Waals surface area (Å²) in [7, 11) is 0. The van der Waals surface area contributed by atoms with Crippen LogP contribution in [0.25, 0.3) is 0 Å². The van der Waals surface area contributed by atoms with E-state index in [1.54, 1.807) is 6.08 Å². The summed E-state index contributed by atoms with van der Waals surface area (Å²) in [5.74, 6) is 1.39. The Hall–Kier alpha value is -2.30. The van der Waals surface area contributed by atoms with E-state index in [1.807, 2.05) is 43.0 Å². The van der Waals surface area contributed by atoms with Crippen LogP contribution in [0.1, 0.15) is 40.2 Å². The van der Waals surface area contributed by atoms with Gasteiger partial charge in [0.25, 0.3) is 0 Å². The van der Waals surface area contributed by atoms with Crippen LogP contribution < -0.4 is 10.6 Å². The fourth-order valence-corrected chi connectivity index (χ4v) is 2.47. The second-order valence-corrected chi connectivity index (χ2v) is 7.58. The molecule has 0 saturated carbocycles. The Labute approximate surface area is 164 Å². The second kappa shape index (κ2) is 11.4. The molecule has 0 spiro atoms. The van der Waals surface area contributed by atoms with Gasteiger partial charge in [-0.1, -0.05) is 45.9 Å². The number of rotatable bonds is 10. The van der Waals surface area contributed by atoms with E-state index in [4.69, 9.17) is 0 Å². The van der Waals surface area contributed by atoms with Crippen molar-refractivity contribution in [2.24, 2.45) is 17.8 Å². The lowest BCUT2D eigenvalue weighted by Gasteiger charge is -2.26. The summed E-state index contributed by atoms with van der Waals surface area (Å²) >= 11 is 0. The number of hydrogen-bond donors (Lipinski definition) is 2. The molecule has 0 aliphatic heterocycles. The highest BCUT2D eigenvalue weighted by molar-refractivity contribution is 5.89. The Balaban J connectivity index is 2.56. The van der Waals surface area contributed by atoms with Crippen LogP contribution in [0.3, 0.4) is 0 Å². The van der Waals surface area contributed by atoms with E-state index in [0.29, 0.717) is 30.5 Å². The predicted molar refractivity (Wildman–Crippen MR) is 113 cm³/mol. The highest BCUT2D eigenvalue weighted by Gasteiger charge is 2.17. The van der Waals surface area contributed by atoms with Crippen molar-refractivity contribution in [2.75, 3.05) is 25.0 Å². The molecule has 0 aromatic heterocycles. The Morgan fingerprint density at radius 2 is 1.78 bits per heavy atom. The summed E-state index contributed by atoms with van der Waals surface area (Å²) in [6.45, 7) is 16.3. The zero-order valence-electron chi connectivity index (χ0n) is 17.4. The highest BCUT2D eigenvalue weighted by atomic mass is 16.2. The van der Waals surface area contributed by atoms with Crippen LogP contribution >= 0.6 is 0 Å². The van der Waals surface area contributed by atoms with E-state index in [2.05, 4.69) is 38.0 Å². The largest absolute Gasteiger partial charge is 0.342 e. The van der Waals surface area contributed by atoms with Gasteiger partial charge in [0.1, 0.15) is 0 Å². The van der Waals surface area contributed by atoms with E-state index in [-0.39, 0.29) is 17.9 Å². The quantitative estimate of drug-likeness (QED) is 0.600. The molecule has 0 fully saturated rings. The molecule has 0 aliphatic carbocycles. The summed E-state index contributed by atoms with van der Waals surface area (Å²) in [6, 6.07) is 7.18. The second-order valence-electron chi connectivity index (χ2n) is 7.58. The zero-order valence-corrected chi connectivity index (χ0v) is 17.4. The van der Waals surface area contributed by atoms with Crippen molar-refractivity contribution < 1.29 is 9.59 Å². The molecule has 0 radical (unpaired) electrons. The van der Waals surface area contributed by atoms with E-state index in [1.165, 1.54) is 0 Å². The first kappa shape index (κ1) is 22.7. The van der Waals surface area contributed by atoms with Crippen LogP contribution in [0.4, 0.5) is 10.5 Å². The minimum atomic E-state index is -0.243. The number of amides is 3. The summed E-state index contributed by atoms with van der Waals surface area (Å²) < 4.78 is 0. The van der Waals surface area contributed by atoms with Gasteiger partial charge >= 0.3 is 6.03 Å². The summed E-state index contributed by atoms with van der Waals surface area (Å²) in [5, 5.41) is 5.59. The standard InChI is InChI=1S/C22H35N3O2/c1-7-17(5)14-23-22(27)24-20-11-9-19(10-12-20)13-21(26)25(8-2)15-18(6)16(3)4/h7,9-12,16-18H,1,8,13-15H2,2-6H3,(H2,23,24,27)/t17?,18-/m0/s1. The molecule has 5 heteroatoms. The average molecular weight is 374 g/mol. The molecule has 2 atom stereocenters. The third-order valence-electron chi connectivity index (χ3n) is 4.93. The minimum absolute atomic E-state index is 0.141. The number of nitrogens with zero attached hydrogens (tertiary/aromatic N) is 1. The van der Waals surface area contributed by atoms with Crippen LogP contribution in [0, 0.1) is 17.8 Å². The van der Waals surface area contributed by atoms with Crippen molar-refractivity contribution in [3.8, 4) is 0 Å². The molecule has 1 aromatic rings. The van der Waals surface area contributed by atoms with Crippen molar-refractivity contribution in [3.63, 3.8) is 0 Å². The van der Waals surface area contributed by atoms with E-state index in [0.717, 1.165) is 18.7 Å². The van der Waals surface area contributed by atoms with E-state index >= 15 is 0 Å². The zero-order chi connectivity index (χ0) is 20.4. The van der Waals surface area contributed by atoms with Crippen molar-refractivity contribution in [3.05, 3.63) is 42.5 Å². The van der Waals surface area contributed by atoms with Crippen LogP contribution in [0.2, 0.25) is 0 Å². The van der Waals surface area contributed by atoms with Gasteiger partial charge in [-0.15, -0.1) is 6.58 Å². The first-order chi connectivity index (χ1) is 12.8. The molecule has 0 heterocycles. The fourth-order valence-electron chi connectivity index (χ4n) is 2.47. The first-order valence-electron chi connectivity index (χ1n) is 9.80. The predicted octanol–water partition coefficient (Wildman–Crippen LogP) is 4.31. The number of nitrogens with one attached hydrogen (secondary N) is 2. The monoisotopic (exact) mass is 373 g/mol. The lowest BCUT2D eigenvalue weighted by atomic mass is 9.97. The van der Waals surface area contributed by atoms with Crippen LogP contribution in [-0.2, 0) is 11.2 Å². The van der Waals surface area contributed by atoms with Gasteiger partial charge in [0.15, 0.2) is 0 Å². The highest BCUT2D eigenvalue weighted by Crippen LogP contribution is 2.14. The summed E-state index contributed by atoms with van der Waals surface area (Å²) in [5.41, 5.74) is 1.65. The van der Waals surface area contributed by atoms with Crippen molar-refractivity contribution in [2.45, 2.75) is 41.0 Å². The number of urea groups is 1. The minimum Gasteiger partial charge on any atom is -0.342 e. The van der Waals surface area contributed by atoms with Crippen molar-refractivity contribution in [1.29, 1.82) is 0 Å².